The molecule has 0 aromatic heterocycles. The van der Waals surface area contributed by atoms with Crippen LogP contribution in [0.1, 0.15) is 19.3 Å². The van der Waals surface area contributed by atoms with Crippen molar-refractivity contribution in [3.63, 3.8) is 0 Å². The van der Waals surface area contributed by atoms with Gasteiger partial charge in [0.1, 0.15) is 5.69 Å². The molecular weight excluding hydrogens is 339 g/mol. The van der Waals surface area contributed by atoms with Gasteiger partial charge in [-0.05, 0) is 25.3 Å². The van der Waals surface area contributed by atoms with Crippen molar-refractivity contribution in [3.05, 3.63) is 28.1 Å². The number of hydrogen-bond donors (Lipinski definition) is 1. The number of nitro groups is 1. The second-order valence-electron chi connectivity index (χ2n) is 6.09. The molecule has 0 spiro atoms. The van der Waals surface area contributed by atoms with Gasteiger partial charge in [-0.25, -0.2) is 12.8 Å². The summed E-state index contributed by atoms with van der Waals surface area (Å²) in [5, 5.41) is 10.8. The molecule has 0 radical (unpaired) electrons. The lowest BCUT2D eigenvalue weighted by atomic mass is 10.0. The number of sulfonamides is 1. The second-order valence-corrected chi connectivity index (χ2v) is 8.13. The molecule has 2 heterocycles. The van der Waals surface area contributed by atoms with Gasteiger partial charge >= 0.3 is 0 Å². The van der Waals surface area contributed by atoms with Crippen LogP contribution in [0.4, 0.5) is 21.5 Å². The third-order valence-electron chi connectivity index (χ3n) is 4.68. The fourth-order valence-electron chi connectivity index (χ4n) is 3.44. The number of halogens is 1. The minimum atomic E-state index is -3.15. The lowest BCUT2D eigenvalue weighted by Crippen LogP contribution is -2.45. The molecule has 0 bridgehead atoms. The van der Waals surface area contributed by atoms with Gasteiger partial charge in [-0.1, -0.05) is 0 Å². The fraction of sp³-hybridized carbons (Fsp3) is 0.571. The van der Waals surface area contributed by atoms with E-state index in [0.29, 0.717) is 38.9 Å². The molecule has 2 aliphatic heterocycles. The Bertz CT molecular complexity index is 762. The Kier molecular flexibility index (Phi) is 4.35. The first-order chi connectivity index (χ1) is 11.3. The predicted octanol–water partition coefficient (Wildman–Crippen LogP) is 1.32. The Morgan fingerprint density at radius 1 is 1.25 bits per heavy atom. The highest BCUT2D eigenvalue weighted by Gasteiger charge is 2.36. The highest BCUT2D eigenvalue weighted by Crippen LogP contribution is 2.34. The van der Waals surface area contributed by atoms with Crippen molar-refractivity contribution in [1.82, 2.24) is 4.31 Å². The normalized spacial score (nSPS) is 22.0. The molecule has 3 rings (SSSR count). The molecule has 0 aliphatic carbocycles. The first-order valence-electron chi connectivity index (χ1n) is 7.78. The maximum Gasteiger partial charge on any atom is 0.295 e. The molecule has 2 aliphatic rings. The molecule has 1 aromatic carbocycles. The van der Waals surface area contributed by atoms with Crippen LogP contribution in [-0.2, 0) is 10.0 Å². The number of piperidine rings is 1. The second kappa shape index (κ2) is 6.17. The largest absolute Gasteiger partial charge is 0.391 e. The number of nitrogens with two attached hydrogens (primary N) is 1. The molecule has 2 saturated heterocycles. The van der Waals surface area contributed by atoms with Crippen LogP contribution in [0, 0.1) is 15.9 Å². The van der Waals surface area contributed by atoms with Gasteiger partial charge in [0, 0.05) is 31.7 Å². The maximum absolute atomic E-state index is 14.4. The van der Waals surface area contributed by atoms with Crippen molar-refractivity contribution in [2.24, 2.45) is 0 Å². The van der Waals surface area contributed by atoms with Gasteiger partial charge < -0.3 is 10.6 Å². The van der Waals surface area contributed by atoms with Crippen molar-refractivity contribution in [3.8, 4) is 0 Å². The summed E-state index contributed by atoms with van der Waals surface area (Å²) in [5.41, 5.74) is 4.83. The number of hydrogen-bond acceptors (Lipinski definition) is 6. The van der Waals surface area contributed by atoms with Crippen LogP contribution < -0.4 is 10.6 Å². The molecule has 1 aromatic rings. The molecular formula is C14H19FN4O4S. The van der Waals surface area contributed by atoms with Crippen LogP contribution in [-0.4, -0.2) is 49.1 Å². The zero-order valence-corrected chi connectivity index (χ0v) is 13.8. The van der Waals surface area contributed by atoms with E-state index in [2.05, 4.69) is 0 Å². The average molecular weight is 358 g/mol. The first-order valence-corrected chi connectivity index (χ1v) is 9.39. The van der Waals surface area contributed by atoms with E-state index >= 15 is 0 Å². The standard InChI is InChI=1S/C14H19FN4O4S/c15-13-11(2-3-12(14(13)16)19(20)21)17-7-4-10(5-8-17)18-6-1-9-24(18,22)23/h2-3,10H,1,4-9,16H2. The molecule has 0 unspecified atom stereocenters. The molecule has 132 valence electrons. The highest BCUT2D eigenvalue weighted by molar-refractivity contribution is 7.89. The van der Waals surface area contributed by atoms with Crippen molar-refractivity contribution in [1.29, 1.82) is 0 Å². The van der Waals surface area contributed by atoms with E-state index in [4.69, 9.17) is 5.73 Å². The summed E-state index contributed by atoms with van der Waals surface area (Å²) >= 11 is 0. The van der Waals surface area contributed by atoms with Crippen LogP contribution in [0.15, 0.2) is 12.1 Å². The van der Waals surface area contributed by atoms with E-state index in [1.807, 2.05) is 0 Å². The van der Waals surface area contributed by atoms with Crippen LogP contribution in [0.3, 0.4) is 0 Å². The molecule has 2 fully saturated rings. The minimum absolute atomic E-state index is 0.0628. The molecule has 8 nitrogen and oxygen atoms in total. The summed E-state index contributed by atoms with van der Waals surface area (Å²) in [6.07, 6.45) is 1.83. The van der Waals surface area contributed by atoms with Crippen molar-refractivity contribution in [2.45, 2.75) is 25.3 Å². The van der Waals surface area contributed by atoms with Crippen LogP contribution in [0.25, 0.3) is 0 Å². The number of anilines is 2. The van der Waals surface area contributed by atoms with Crippen LogP contribution in [0.5, 0.6) is 0 Å². The van der Waals surface area contributed by atoms with E-state index in [0.717, 1.165) is 0 Å². The summed E-state index contributed by atoms with van der Waals surface area (Å²) in [5.74, 6) is -0.600. The van der Waals surface area contributed by atoms with E-state index in [1.54, 1.807) is 9.21 Å². The van der Waals surface area contributed by atoms with Crippen molar-refractivity contribution in [2.75, 3.05) is 36.0 Å². The van der Waals surface area contributed by atoms with Gasteiger partial charge in [-0.3, -0.25) is 10.1 Å². The zero-order valence-electron chi connectivity index (χ0n) is 13.0. The topological polar surface area (TPSA) is 110 Å². The third-order valence-corrected chi connectivity index (χ3v) is 6.68. The molecule has 0 saturated carbocycles. The van der Waals surface area contributed by atoms with Gasteiger partial charge in [0.2, 0.25) is 10.0 Å². The lowest BCUT2D eigenvalue weighted by Gasteiger charge is -2.37. The summed E-state index contributed by atoms with van der Waals surface area (Å²) < 4.78 is 39.9. The number of rotatable bonds is 3. The van der Waals surface area contributed by atoms with Gasteiger partial charge in [0.05, 0.1) is 16.4 Å². The van der Waals surface area contributed by atoms with E-state index in [1.165, 1.54) is 12.1 Å². The Balaban J connectivity index is 1.73. The molecule has 0 atom stereocenters. The Morgan fingerprint density at radius 2 is 1.92 bits per heavy atom. The van der Waals surface area contributed by atoms with Gasteiger partial charge in [0.25, 0.3) is 5.69 Å². The van der Waals surface area contributed by atoms with Crippen LogP contribution >= 0.6 is 0 Å². The third kappa shape index (κ3) is 2.91. The van der Waals surface area contributed by atoms with E-state index < -0.39 is 32.1 Å². The first kappa shape index (κ1) is 16.9. The summed E-state index contributed by atoms with van der Waals surface area (Å²) in [6, 6.07) is 2.49. The SMILES string of the molecule is Nc1c([N+](=O)[O-])ccc(N2CCC(N3CCCS3(=O)=O)CC2)c1F. The summed E-state index contributed by atoms with van der Waals surface area (Å²) in [4.78, 5) is 11.8. The number of nitrogen functional groups attached to an aromatic ring is 1. The molecule has 10 heteroatoms. The van der Waals surface area contributed by atoms with Crippen molar-refractivity contribution >= 4 is 27.1 Å². The quantitative estimate of drug-likeness (QED) is 0.496. The van der Waals surface area contributed by atoms with E-state index in [-0.39, 0.29) is 17.5 Å². The van der Waals surface area contributed by atoms with Gasteiger partial charge in [0.15, 0.2) is 5.82 Å². The van der Waals surface area contributed by atoms with Gasteiger partial charge in [-0.2, -0.15) is 4.31 Å². The smallest absolute Gasteiger partial charge is 0.295 e. The van der Waals surface area contributed by atoms with E-state index in [9.17, 15) is 22.9 Å². The maximum atomic E-state index is 14.4. The predicted molar refractivity (Wildman–Crippen MR) is 87.8 cm³/mol. The molecule has 24 heavy (non-hydrogen) atoms. The lowest BCUT2D eigenvalue weighted by molar-refractivity contribution is -0.384. The zero-order chi connectivity index (χ0) is 17.5. The number of nitro benzene ring substituents is 1. The number of nitrogens with zero attached hydrogens (tertiary/aromatic N) is 3. The van der Waals surface area contributed by atoms with Gasteiger partial charge in [-0.15, -0.1) is 0 Å². The molecule has 2 N–H and O–H groups in total. The van der Waals surface area contributed by atoms with Crippen LogP contribution in [0.2, 0.25) is 0 Å². The Morgan fingerprint density at radius 3 is 2.46 bits per heavy atom. The summed E-state index contributed by atoms with van der Waals surface area (Å²) in [7, 11) is -3.15. The Labute approximate surface area is 139 Å². The number of benzene rings is 1. The Hall–Kier alpha value is -1.94. The summed E-state index contributed by atoms with van der Waals surface area (Å²) in [6.45, 7) is 1.50. The fourth-order valence-corrected chi connectivity index (χ4v) is 5.24. The minimum Gasteiger partial charge on any atom is -0.391 e. The van der Waals surface area contributed by atoms with Crippen molar-refractivity contribution < 1.29 is 17.7 Å². The average Bonchev–Trinajstić information content (AvgIpc) is 2.89. The monoisotopic (exact) mass is 358 g/mol. The molecule has 0 amide bonds. The highest BCUT2D eigenvalue weighted by atomic mass is 32.2.